The second-order valence-electron chi connectivity index (χ2n) is 6.40. The number of carbonyl (C=O) groups is 1. The Labute approximate surface area is 160 Å². The molecule has 0 saturated carbocycles. The molecule has 6 heteroatoms. The lowest BCUT2D eigenvalue weighted by Crippen LogP contribution is -2.25. The molecule has 4 aromatic rings. The van der Waals surface area contributed by atoms with E-state index in [4.69, 9.17) is 0 Å². The van der Waals surface area contributed by atoms with Gasteiger partial charge in [0, 0.05) is 30.4 Å². The van der Waals surface area contributed by atoms with Crippen LogP contribution < -0.4 is 5.32 Å². The molecule has 0 atom stereocenters. The molecule has 0 unspecified atom stereocenters. The molecular weight excluding hydrogens is 361 g/mol. The summed E-state index contributed by atoms with van der Waals surface area (Å²) in [6.07, 6.45) is 3.43. The van der Waals surface area contributed by atoms with Crippen molar-refractivity contribution in [2.75, 3.05) is 0 Å². The van der Waals surface area contributed by atoms with E-state index in [1.54, 1.807) is 29.8 Å². The maximum Gasteiger partial charge on any atom is 0.268 e. The second kappa shape index (κ2) is 7.32. The summed E-state index contributed by atoms with van der Waals surface area (Å²) < 4.78 is 16.6. The summed E-state index contributed by atoms with van der Waals surface area (Å²) in [7, 11) is 0. The number of thiophene rings is 1. The molecule has 0 aliphatic heterocycles. The van der Waals surface area contributed by atoms with Gasteiger partial charge in [0.15, 0.2) is 0 Å². The molecule has 0 fully saturated rings. The van der Waals surface area contributed by atoms with Crippen LogP contribution in [-0.2, 0) is 13.1 Å². The predicted octanol–water partition coefficient (Wildman–Crippen LogP) is 4.52. The predicted molar refractivity (Wildman–Crippen MR) is 105 cm³/mol. The number of rotatable bonds is 5. The molecule has 27 heavy (non-hydrogen) atoms. The van der Waals surface area contributed by atoms with Gasteiger partial charge in [-0.15, -0.1) is 11.3 Å². The number of benzene rings is 1. The smallest absolute Gasteiger partial charge is 0.268 e. The number of hydrogen-bond acceptors (Lipinski definition) is 3. The molecule has 0 bridgehead atoms. The van der Waals surface area contributed by atoms with Crippen molar-refractivity contribution in [2.24, 2.45) is 0 Å². The van der Waals surface area contributed by atoms with Crippen molar-refractivity contribution < 1.29 is 9.18 Å². The minimum Gasteiger partial charge on any atom is -0.347 e. The minimum absolute atomic E-state index is 0.156. The average molecular weight is 379 g/mol. The van der Waals surface area contributed by atoms with E-state index in [0.717, 1.165) is 21.3 Å². The third-order valence-corrected chi connectivity index (χ3v) is 5.34. The summed E-state index contributed by atoms with van der Waals surface area (Å²) in [5.74, 6) is -0.434. The number of aromatic nitrogens is 2. The lowest BCUT2D eigenvalue weighted by atomic mass is 10.2. The molecule has 136 valence electrons. The van der Waals surface area contributed by atoms with Crippen LogP contribution in [0.4, 0.5) is 4.39 Å². The summed E-state index contributed by atoms with van der Waals surface area (Å²) in [4.78, 5) is 18.1. The molecule has 3 heterocycles. The Morgan fingerprint density at radius 2 is 2.04 bits per heavy atom. The second-order valence-corrected chi connectivity index (χ2v) is 7.68. The average Bonchev–Trinajstić information content (AvgIpc) is 3.18. The van der Waals surface area contributed by atoms with E-state index < -0.39 is 0 Å². The molecule has 1 N–H and O–H groups in total. The van der Waals surface area contributed by atoms with Crippen LogP contribution >= 0.6 is 11.3 Å². The highest BCUT2D eigenvalue weighted by Gasteiger charge is 2.17. The number of fused-ring (bicyclic) bond motifs is 1. The molecule has 0 spiro atoms. The number of nitrogens with one attached hydrogen (secondary N) is 1. The Bertz CT molecular complexity index is 1100. The van der Waals surface area contributed by atoms with Crippen LogP contribution in [0.15, 0.2) is 60.9 Å². The third kappa shape index (κ3) is 3.75. The quantitative estimate of drug-likeness (QED) is 0.554. The lowest BCUT2D eigenvalue weighted by molar-refractivity contribution is 0.0942. The Morgan fingerprint density at radius 1 is 1.19 bits per heavy atom. The van der Waals surface area contributed by atoms with Crippen LogP contribution in [-0.4, -0.2) is 15.5 Å². The third-order valence-electron chi connectivity index (χ3n) is 4.35. The highest BCUT2D eigenvalue weighted by molar-refractivity contribution is 7.19. The van der Waals surface area contributed by atoms with Crippen molar-refractivity contribution in [3.05, 3.63) is 88.4 Å². The first-order valence-electron chi connectivity index (χ1n) is 8.61. The van der Waals surface area contributed by atoms with E-state index in [1.165, 1.54) is 17.0 Å². The Morgan fingerprint density at radius 3 is 2.81 bits per heavy atom. The zero-order valence-corrected chi connectivity index (χ0v) is 15.6. The highest BCUT2D eigenvalue weighted by atomic mass is 32.1. The van der Waals surface area contributed by atoms with Gasteiger partial charge in [-0.3, -0.25) is 9.78 Å². The fourth-order valence-electron chi connectivity index (χ4n) is 3.12. The van der Waals surface area contributed by atoms with Gasteiger partial charge in [-0.05, 0) is 48.4 Å². The molecular formula is C21H18FN3OS. The Hall–Kier alpha value is -2.99. The van der Waals surface area contributed by atoms with E-state index in [-0.39, 0.29) is 11.7 Å². The first kappa shape index (κ1) is 17.4. The van der Waals surface area contributed by atoms with Crippen LogP contribution in [0.3, 0.4) is 0 Å². The first-order chi connectivity index (χ1) is 13.1. The fourth-order valence-corrected chi connectivity index (χ4v) is 4.08. The topological polar surface area (TPSA) is 46.9 Å². The summed E-state index contributed by atoms with van der Waals surface area (Å²) >= 11 is 1.65. The van der Waals surface area contributed by atoms with Crippen LogP contribution in [0, 0.1) is 12.7 Å². The van der Waals surface area contributed by atoms with Crippen molar-refractivity contribution in [1.82, 2.24) is 14.9 Å². The van der Waals surface area contributed by atoms with Crippen molar-refractivity contribution in [3.8, 4) is 0 Å². The van der Waals surface area contributed by atoms with Gasteiger partial charge in [0.1, 0.15) is 11.5 Å². The molecule has 0 aliphatic rings. The maximum absolute atomic E-state index is 13.6. The summed E-state index contributed by atoms with van der Waals surface area (Å²) in [5.41, 5.74) is 3.32. The van der Waals surface area contributed by atoms with Crippen LogP contribution in [0.1, 0.15) is 26.5 Å². The van der Waals surface area contributed by atoms with Crippen molar-refractivity contribution >= 4 is 27.5 Å². The zero-order chi connectivity index (χ0) is 18.8. The number of halogens is 1. The number of hydrogen-bond donors (Lipinski definition) is 1. The lowest BCUT2D eigenvalue weighted by Gasteiger charge is -2.11. The van der Waals surface area contributed by atoms with Crippen molar-refractivity contribution in [2.45, 2.75) is 20.0 Å². The number of pyridine rings is 1. The molecule has 0 aliphatic carbocycles. The largest absolute Gasteiger partial charge is 0.347 e. The van der Waals surface area contributed by atoms with Crippen LogP contribution in [0.5, 0.6) is 0 Å². The molecule has 1 amide bonds. The van der Waals surface area contributed by atoms with Gasteiger partial charge in [0.05, 0.1) is 10.2 Å². The molecule has 0 saturated heterocycles. The minimum atomic E-state index is -0.278. The highest BCUT2D eigenvalue weighted by Crippen LogP contribution is 2.29. The first-order valence-corrected chi connectivity index (χ1v) is 9.43. The number of nitrogens with zero attached hydrogens (tertiary/aromatic N) is 2. The van der Waals surface area contributed by atoms with E-state index in [0.29, 0.717) is 18.8 Å². The van der Waals surface area contributed by atoms with Gasteiger partial charge in [-0.25, -0.2) is 4.39 Å². The fraction of sp³-hybridized carbons (Fsp3) is 0.143. The number of carbonyl (C=O) groups excluding carboxylic acids is 1. The molecule has 3 aromatic heterocycles. The van der Waals surface area contributed by atoms with E-state index in [9.17, 15) is 9.18 Å². The summed E-state index contributed by atoms with van der Waals surface area (Å²) in [6, 6.07) is 14.2. The standard InChI is InChI=1S/C21H18FN3OS/c1-14-8-18-20(27-14)10-19(21(26)24-12-16-5-3-7-23-11-16)25(18)13-15-4-2-6-17(22)9-15/h2-11H,12-13H2,1H3,(H,24,26). The van der Waals surface area contributed by atoms with Gasteiger partial charge in [0.2, 0.25) is 0 Å². The molecule has 4 rings (SSSR count). The number of amides is 1. The Kier molecular flexibility index (Phi) is 4.73. The van der Waals surface area contributed by atoms with Gasteiger partial charge in [-0.2, -0.15) is 0 Å². The SMILES string of the molecule is Cc1cc2c(cc(C(=O)NCc3cccnc3)n2Cc2cccc(F)c2)s1. The van der Waals surface area contributed by atoms with Crippen molar-refractivity contribution in [1.29, 1.82) is 0 Å². The monoisotopic (exact) mass is 379 g/mol. The molecule has 4 nitrogen and oxygen atoms in total. The van der Waals surface area contributed by atoms with Crippen LogP contribution in [0.25, 0.3) is 10.2 Å². The van der Waals surface area contributed by atoms with Crippen molar-refractivity contribution in [3.63, 3.8) is 0 Å². The van der Waals surface area contributed by atoms with Gasteiger partial charge < -0.3 is 9.88 Å². The van der Waals surface area contributed by atoms with E-state index in [1.807, 2.05) is 35.8 Å². The van der Waals surface area contributed by atoms with E-state index >= 15 is 0 Å². The number of aryl methyl sites for hydroxylation is 1. The normalized spacial score (nSPS) is 11.0. The van der Waals surface area contributed by atoms with E-state index in [2.05, 4.69) is 16.4 Å². The van der Waals surface area contributed by atoms with Gasteiger partial charge in [0.25, 0.3) is 5.91 Å². The van der Waals surface area contributed by atoms with Gasteiger partial charge >= 0.3 is 0 Å². The van der Waals surface area contributed by atoms with Crippen LogP contribution in [0.2, 0.25) is 0 Å². The zero-order valence-electron chi connectivity index (χ0n) is 14.8. The Balaban J connectivity index is 1.65. The van der Waals surface area contributed by atoms with Gasteiger partial charge in [-0.1, -0.05) is 18.2 Å². The molecule has 1 aromatic carbocycles. The maximum atomic E-state index is 13.6. The molecule has 0 radical (unpaired) electrons. The summed E-state index contributed by atoms with van der Waals surface area (Å²) in [6.45, 7) is 2.89. The summed E-state index contributed by atoms with van der Waals surface area (Å²) in [5, 5.41) is 2.95.